The summed E-state index contributed by atoms with van der Waals surface area (Å²) < 4.78 is 1.98. The molecule has 2 aromatic heterocycles. The summed E-state index contributed by atoms with van der Waals surface area (Å²) >= 11 is 0. The van der Waals surface area contributed by atoms with Gasteiger partial charge in [0.15, 0.2) is 0 Å². The molecule has 4 aromatic rings. The minimum atomic E-state index is 0.00701. The average Bonchev–Trinajstić information content (AvgIpc) is 3.05. The number of pyridine rings is 1. The topological polar surface area (TPSA) is 70.1 Å². The Labute approximate surface area is 150 Å². The zero-order valence-electron chi connectivity index (χ0n) is 14.2. The number of aromatic hydroxyl groups is 2. The third kappa shape index (κ3) is 3.02. The number of aromatic nitrogens is 2. The molecule has 5 heteroatoms. The molecular formula is C21H17N3O2. The Hall–Kier alpha value is -3.60. The van der Waals surface area contributed by atoms with E-state index in [9.17, 15) is 10.2 Å². The normalized spacial score (nSPS) is 11.4. The lowest BCUT2D eigenvalue weighted by Gasteiger charge is -2.04. The van der Waals surface area contributed by atoms with Crippen LogP contribution in [0.15, 0.2) is 72.0 Å². The highest BCUT2D eigenvalue weighted by Crippen LogP contribution is 2.27. The maximum atomic E-state index is 9.95. The molecule has 0 fully saturated rings. The molecular weight excluding hydrogens is 326 g/mol. The van der Waals surface area contributed by atoms with Gasteiger partial charge in [0.2, 0.25) is 0 Å². The van der Waals surface area contributed by atoms with Crippen molar-refractivity contribution in [3.8, 4) is 22.8 Å². The summed E-state index contributed by atoms with van der Waals surface area (Å²) in [5.74, 6) is 0.0431. The van der Waals surface area contributed by atoms with Crippen LogP contribution in [0.5, 0.6) is 11.5 Å². The maximum absolute atomic E-state index is 9.95. The van der Waals surface area contributed by atoms with Crippen molar-refractivity contribution in [2.24, 2.45) is 4.99 Å². The molecule has 0 amide bonds. The van der Waals surface area contributed by atoms with E-state index in [0.29, 0.717) is 5.56 Å². The van der Waals surface area contributed by atoms with Crippen LogP contribution in [0.1, 0.15) is 11.1 Å². The molecule has 2 aromatic carbocycles. The van der Waals surface area contributed by atoms with E-state index in [1.165, 1.54) is 6.07 Å². The highest BCUT2D eigenvalue weighted by atomic mass is 16.3. The molecule has 0 aliphatic carbocycles. The lowest BCUT2D eigenvalue weighted by atomic mass is 10.1. The number of hydrogen-bond acceptors (Lipinski definition) is 4. The molecule has 0 bridgehead atoms. The molecule has 0 unspecified atom stereocenters. The van der Waals surface area contributed by atoms with Gasteiger partial charge >= 0.3 is 0 Å². The number of phenols is 2. The van der Waals surface area contributed by atoms with Crippen molar-refractivity contribution in [1.29, 1.82) is 0 Å². The first kappa shape index (κ1) is 15.9. The third-order valence-corrected chi connectivity index (χ3v) is 4.22. The summed E-state index contributed by atoms with van der Waals surface area (Å²) in [6.07, 6.45) is 5.56. The van der Waals surface area contributed by atoms with Crippen LogP contribution < -0.4 is 0 Å². The number of phenolic OH excluding ortho intramolecular Hbond substituents is 2. The van der Waals surface area contributed by atoms with Crippen LogP contribution in [0.25, 0.3) is 16.9 Å². The van der Waals surface area contributed by atoms with E-state index in [1.54, 1.807) is 12.3 Å². The van der Waals surface area contributed by atoms with Gasteiger partial charge in [-0.2, -0.15) is 0 Å². The second-order valence-electron chi connectivity index (χ2n) is 6.09. The summed E-state index contributed by atoms with van der Waals surface area (Å²) in [6, 6.07) is 16.5. The van der Waals surface area contributed by atoms with Crippen LogP contribution in [-0.2, 0) is 0 Å². The Balaban J connectivity index is 1.60. The number of hydrogen-bond donors (Lipinski definition) is 2. The van der Waals surface area contributed by atoms with Crippen LogP contribution in [0, 0.1) is 6.92 Å². The number of imidazole rings is 1. The summed E-state index contributed by atoms with van der Waals surface area (Å²) in [5.41, 5.74) is 4.93. The molecule has 26 heavy (non-hydrogen) atoms. The molecule has 128 valence electrons. The van der Waals surface area contributed by atoms with E-state index < -0.39 is 0 Å². The Morgan fingerprint density at radius 1 is 1.04 bits per heavy atom. The Bertz CT molecular complexity index is 1060. The van der Waals surface area contributed by atoms with Gasteiger partial charge in [0.05, 0.1) is 11.4 Å². The number of rotatable bonds is 3. The molecule has 0 aliphatic heterocycles. The average molecular weight is 343 g/mol. The minimum Gasteiger partial charge on any atom is -0.508 e. The second kappa shape index (κ2) is 6.37. The first-order valence-corrected chi connectivity index (χ1v) is 8.21. The fourth-order valence-corrected chi connectivity index (χ4v) is 2.86. The van der Waals surface area contributed by atoms with Gasteiger partial charge in [-0.15, -0.1) is 0 Å². The Kier molecular flexibility index (Phi) is 3.89. The predicted molar refractivity (Wildman–Crippen MR) is 102 cm³/mol. The molecule has 2 heterocycles. The first-order chi connectivity index (χ1) is 12.6. The highest BCUT2D eigenvalue weighted by Gasteiger charge is 2.06. The zero-order chi connectivity index (χ0) is 18.1. The molecule has 4 rings (SSSR count). The van der Waals surface area contributed by atoms with Gasteiger partial charge in [-0.3, -0.25) is 4.99 Å². The maximum Gasteiger partial charge on any atom is 0.137 e. The van der Waals surface area contributed by atoms with Gasteiger partial charge in [-0.05, 0) is 42.8 Å². The quantitative estimate of drug-likeness (QED) is 0.539. The summed E-state index contributed by atoms with van der Waals surface area (Å²) in [4.78, 5) is 9.02. The van der Waals surface area contributed by atoms with Gasteiger partial charge in [0, 0.05) is 35.8 Å². The van der Waals surface area contributed by atoms with Crippen molar-refractivity contribution in [1.82, 2.24) is 9.38 Å². The van der Waals surface area contributed by atoms with Gasteiger partial charge in [0.1, 0.15) is 17.1 Å². The monoisotopic (exact) mass is 343 g/mol. The zero-order valence-corrected chi connectivity index (χ0v) is 14.2. The number of fused-ring (bicyclic) bond motifs is 1. The van der Waals surface area contributed by atoms with Crippen molar-refractivity contribution in [3.05, 3.63) is 78.1 Å². The fraction of sp³-hybridized carbons (Fsp3) is 0.0476. The minimum absolute atomic E-state index is 0.00701. The number of nitrogens with zero attached hydrogens (tertiary/aromatic N) is 3. The SMILES string of the molecule is Cc1cc(O)cc(O)c1/C=N/c1ccc(-c2cn3ccccc3n2)cc1. The van der Waals surface area contributed by atoms with E-state index in [-0.39, 0.29) is 11.5 Å². The molecule has 0 saturated heterocycles. The van der Waals surface area contributed by atoms with Crippen molar-refractivity contribution in [3.63, 3.8) is 0 Å². The van der Waals surface area contributed by atoms with Gasteiger partial charge in [0.25, 0.3) is 0 Å². The third-order valence-electron chi connectivity index (χ3n) is 4.22. The molecule has 0 atom stereocenters. The van der Waals surface area contributed by atoms with Gasteiger partial charge in [-0.1, -0.05) is 18.2 Å². The van der Waals surface area contributed by atoms with Crippen LogP contribution in [0.2, 0.25) is 0 Å². The van der Waals surface area contributed by atoms with Gasteiger partial charge < -0.3 is 14.6 Å². The molecule has 0 saturated carbocycles. The fourth-order valence-electron chi connectivity index (χ4n) is 2.86. The standard InChI is InChI=1S/C21H17N3O2/c1-14-10-17(25)11-20(26)18(14)12-22-16-7-5-15(6-8-16)19-13-24-9-3-2-4-21(24)23-19/h2-13,25-26H,1H3/b22-12+. The summed E-state index contributed by atoms with van der Waals surface area (Å²) in [6.45, 7) is 1.81. The van der Waals surface area contributed by atoms with E-state index in [2.05, 4.69) is 9.98 Å². The molecule has 0 radical (unpaired) electrons. The van der Waals surface area contributed by atoms with Crippen molar-refractivity contribution in [2.45, 2.75) is 6.92 Å². The summed E-state index contributed by atoms with van der Waals surface area (Å²) in [5, 5.41) is 19.4. The number of aryl methyl sites for hydroxylation is 1. The summed E-state index contributed by atoms with van der Waals surface area (Å²) in [7, 11) is 0. The molecule has 0 aliphatic rings. The second-order valence-corrected chi connectivity index (χ2v) is 6.09. The van der Waals surface area contributed by atoms with Crippen molar-refractivity contribution >= 4 is 17.5 Å². The number of aliphatic imine (C=N–C) groups is 1. The van der Waals surface area contributed by atoms with Crippen LogP contribution in [0.3, 0.4) is 0 Å². The van der Waals surface area contributed by atoms with Crippen LogP contribution in [0.4, 0.5) is 5.69 Å². The molecule has 0 spiro atoms. The Morgan fingerprint density at radius 3 is 2.58 bits per heavy atom. The van der Waals surface area contributed by atoms with E-state index in [4.69, 9.17) is 0 Å². The van der Waals surface area contributed by atoms with E-state index >= 15 is 0 Å². The van der Waals surface area contributed by atoms with Crippen molar-refractivity contribution < 1.29 is 10.2 Å². The number of benzene rings is 2. The van der Waals surface area contributed by atoms with Crippen molar-refractivity contribution in [2.75, 3.05) is 0 Å². The van der Waals surface area contributed by atoms with Gasteiger partial charge in [-0.25, -0.2) is 4.98 Å². The first-order valence-electron chi connectivity index (χ1n) is 8.21. The largest absolute Gasteiger partial charge is 0.508 e. The highest BCUT2D eigenvalue weighted by molar-refractivity contribution is 5.87. The lowest BCUT2D eigenvalue weighted by molar-refractivity contribution is 0.449. The van der Waals surface area contributed by atoms with Crippen LogP contribution >= 0.6 is 0 Å². The Morgan fingerprint density at radius 2 is 1.85 bits per heavy atom. The smallest absolute Gasteiger partial charge is 0.137 e. The van der Waals surface area contributed by atoms with E-state index in [0.717, 1.165) is 28.2 Å². The predicted octanol–water partition coefficient (Wildman–Crippen LogP) is 4.47. The molecule has 2 N–H and O–H groups in total. The lowest BCUT2D eigenvalue weighted by Crippen LogP contribution is -1.88. The van der Waals surface area contributed by atoms with E-state index in [1.807, 2.05) is 66.2 Å². The molecule has 5 nitrogen and oxygen atoms in total. The van der Waals surface area contributed by atoms with Crippen LogP contribution in [-0.4, -0.2) is 25.8 Å².